The zero-order chi connectivity index (χ0) is 24.7. The van der Waals surface area contributed by atoms with Gasteiger partial charge in [0.2, 0.25) is 22.8 Å². The molecule has 10 heteroatoms. The topological polar surface area (TPSA) is 143 Å². The normalized spacial score (nSPS) is 41.7. The van der Waals surface area contributed by atoms with Crippen LogP contribution in [0.5, 0.6) is 5.75 Å². The number of aliphatic hydroxyl groups excluding tert-OH is 1. The van der Waals surface area contributed by atoms with E-state index in [1.165, 1.54) is 19.1 Å². The lowest BCUT2D eigenvalue weighted by Gasteiger charge is -2.56. The van der Waals surface area contributed by atoms with Gasteiger partial charge in [-0.15, -0.1) is 0 Å². The number of nitrogens with zero attached hydrogens (tertiary/aromatic N) is 1. The van der Waals surface area contributed by atoms with Gasteiger partial charge in [-0.25, -0.2) is 0 Å². The van der Waals surface area contributed by atoms with Crippen LogP contribution in [0, 0.1) is 0 Å². The van der Waals surface area contributed by atoms with E-state index in [2.05, 4.69) is 0 Å². The van der Waals surface area contributed by atoms with Crippen LogP contribution in [0.3, 0.4) is 0 Å². The Morgan fingerprint density at radius 3 is 2.47 bits per heavy atom. The molecular weight excluding hydrogens is 446 g/mol. The van der Waals surface area contributed by atoms with Crippen LogP contribution in [0.4, 0.5) is 0 Å². The molecule has 4 aliphatic rings. The first-order valence-corrected chi connectivity index (χ1v) is 11.5. The van der Waals surface area contributed by atoms with Crippen LogP contribution >= 0.6 is 0 Å². The van der Waals surface area contributed by atoms with Crippen LogP contribution in [-0.4, -0.2) is 93.5 Å². The van der Waals surface area contributed by atoms with E-state index < -0.39 is 65.0 Å². The molecule has 2 bridgehead atoms. The van der Waals surface area contributed by atoms with Gasteiger partial charge in [0.15, 0.2) is 0 Å². The number of ether oxygens (including phenoxy) is 3. The van der Waals surface area contributed by atoms with E-state index in [0.29, 0.717) is 6.42 Å². The van der Waals surface area contributed by atoms with Crippen molar-refractivity contribution in [2.24, 2.45) is 0 Å². The minimum absolute atomic E-state index is 0.0726. The molecule has 184 valence electrons. The highest BCUT2D eigenvalue weighted by Gasteiger charge is 2.74. The molecule has 0 aromatic heterocycles. The first kappa shape index (κ1) is 23.4. The molecule has 34 heavy (non-hydrogen) atoms. The van der Waals surface area contributed by atoms with E-state index in [-0.39, 0.29) is 35.6 Å². The van der Waals surface area contributed by atoms with Gasteiger partial charge >= 0.3 is 5.97 Å². The van der Waals surface area contributed by atoms with E-state index in [4.69, 9.17) is 14.2 Å². The second-order valence-electron chi connectivity index (χ2n) is 10.0. The summed E-state index contributed by atoms with van der Waals surface area (Å²) in [6.45, 7) is 3.17. The van der Waals surface area contributed by atoms with E-state index in [1.54, 1.807) is 6.92 Å². The SMILES string of the molecule is C[C@H]1O[C@@H](c2ccc3c(c2O)C(=O)[C@]2(O)[C@@H](C)O[C@@H]4CC(=O)O[C@]2(C4)C3=O)CC(N(C)C)[C@@H]1O. The number of aliphatic hydroxyl groups is 2. The molecule has 3 aliphatic heterocycles. The first-order chi connectivity index (χ1) is 15.9. The minimum atomic E-state index is -2.48. The molecular formula is C24H29NO9. The Hall–Kier alpha value is -2.37. The molecule has 1 unspecified atom stereocenters. The third kappa shape index (κ3) is 2.89. The molecule has 0 radical (unpaired) electrons. The van der Waals surface area contributed by atoms with Crippen molar-refractivity contribution in [2.75, 3.05) is 14.1 Å². The number of phenols is 1. The number of likely N-dealkylation sites (N-methyl/N-ethyl adjacent to an activating group) is 1. The van der Waals surface area contributed by atoms with Crippen molar-refractivity contribution in [3.05, 3.63) is 28.8 Å². The van der Waals surface area contributed by atoms with Gasteiger partial charge in [0, 0.05) is 23.6 Å². The number of carbonyl (C=O) groups is 3. The van der Waals surface area contributed by atoms with Gasteiger partial charge in [-0.05, 0) is 40.4 Å². The summed E-state index contributed by atoms with van der Waals surface area (Å²) in [5.74, 6) is -2.87. The molecule has 3 N–H and O–H groups in total. The molecule has 10 nitrogen and oxygen atoms in total. The van der Waals surface area contributed by atoms with Crippen LogP contribution in [0.2, 0.25) is 0 Å². The number of hydrogen-bond acceptors (Lipinski definition) is 10. The average Bonchev–Trinajstić information content (AvgIpc) is 2.76. The lowest BCUT2D eigenvalue weighted by atomic mass is 9.60. The predicted molar refractivity (Wildman–Crippen MR) is 115 cm³/mol. The number of rotatable bonds is 2. The number of esters is 1. The summed E-state index contributed by atoms with van der Waals surface area (Å²) in [5, 5.41) is 33.3. The van der Waals surface area contributed by atoms with Crippen LogP contribution in [0.15, 0.2) is 12.1 Å². The molecule has 1 aromatic carbocycles. The largest absolute Gasteiger partial charge is 0.507 e. The third-order valence-electron chi connectivity index (χ3n) is 7.91. The Kier molecular flexibility index (Phi) is 5.20. The molecule has 0 saturated carbocycles. The first-order valence-electron chi connectivity index (χ1n) is 11.5. The second-order valence-corrected chi connectivity index (χ2v) is 10.0. The highest BCUT2D eigenvalue weighted by molar-refractivity contribution is 6.24. The van der Waals surface area contributed by atoms with Gasteiger partial charge in [-0.2, -0.15) is 0 Å². The maximum atomic E-state index is 13.8. The maximum absolute atomic E-state index is 13.8. The fraction of sp³-hybridized carbons (Fsp3) is 0.625. The van der Waals surface area contributed by atoms with Gasteiger partial charge in [0.05, 0.1) is 42.5 Å². The molecule has 8 atom stereocenters. The fourth-order valence-corrected chi connectivity index (χ4v) is 6.06. The van der Waals surface area contributed by atoms with Crippen molar-refractivity contribution in [3.63, 3.8) is 0 Å². The van der Waals surface area contributed by atoms with E-state index in [9.17, 15) is 29.7 Å². The van der Waals surface area contributed by atoms with Crippen molar-refractivity contribution in [1.29, 1.82) is 0 Å². The Morgan fingerprint density at radius 2 is 1.79 bits per heavy atom. The molecule has 1 aliphatic carbocycles. The summed E-state index contributed by atoms with van der Waals surface area (Å²) in [4.78, 5) is 41.5. The number of hydrogen-bond donors (Lipinski definition) is 3. The van der Waals surface area contributed by atoms with E-state index in [0.717, 1.165) is 0 Å². The Labute approximate surface area is 196 Å². The molecule has 1 aromatic rings. The monoisotopic (exact) mass is 475 g/mol. The van der Waals surface area contributed by atoms with Crippen molar-refractivity contribution in [3.8, 4) is 5.75 Å². The summed E-state index contributed by atoms with van der Waals surface area (Å²) >= 11 is 0. The second kappa shape index (κ2) is 7.56. The lowest BCUT2D eigenvalue weighted by Crippen LogP contribution is -2.77. The van der Waals surface area contributed by atoms with Crippen molar-refractivity contribution in [1.82, 2.24) is 4.90 Å². The fourth-order valence-electron chi connectivity index (χ4n) is 6.06. The number of fused-ring (bicyclic) bond motifs is 2. The Balaban J connectivity index is 1.62. The zero-order valence-electron chi connectivity index (χ0n) is 19.5. The summed E-state index contributed by atoms with van der Waals surface area (Å²) in [7, 11) is 3.66. The number of benzene rings is 1. The van der Waals surface area contributed by atoms with E-state index >= 15 is 0 Å². The van der Waals surface area contributed by atoms with Gasteiger partial charge in [-0.1, -0.05) is 6.07 Å². The van der Waals surface area contributed by atoms with Crippen molar-refractivity contribution in [2.45, 2.75) is 80.9 Å². The molecule has 3 heterocycles. The summed E-state index contributed by atoms with van der Waals surface area (Å²) in [5.41, 5.74) is -4.77. The number of phenolic OH excluding ortho intramolecular Hbond substituents is 1. The van der Waals surface area contributed by atoms with Crippen LogP contribution < -0.4 is 0 Å². The van der Waals surface area contributed by atoms with Gasteiger partial charge in [0.1, 0.15) is 5.75 Å². The number of Topliss-reactive ketones (excluding diaryl/α,β-unsaturated/α-hetero) is 2. The number of aromatic hydroxyl groups is 1. The van der Waals surface area contributed by atoms with Crippen LogP contribution in [-0.2, 0) is 19.0 Å². The molecule has 1 spiro atoms. The highest BCUT2D eigenvalue weighted by Crippen LogP contribution is 2.53. The summed E-state index contributed by atoms with van der Waals surface area (Å²) in [6, 6.07) is 2.65. The van der Waals surface area contributed by atoms with E-state index in [1.807, 2.05) is 19.0 Å². The Bertz CT molecular complexity index is 1090. The zero-order valence-corrected chi connectivity index (χ0v) is 19.5. The smallest absolute Gasteiger partial charge is 0.309 e. The van der Waals surface area contributed by atoms with Crippen LogP contribution in [0.1, 0.15) is 65.5 Å². The van der Waals surface area contributed by atoms with Gasteiger partial charge in [0.25, 0.3) is 0 Å². The van der Waals surface area contributed by atoms with Gasteiger partial charge in [-0.3, -0.25) is 14.4 Å². The van der Waals surface area contributed by atoms with Gasteiger partial charge < -0.3 is 34.4 Å². The quantitative estimate of drug-likeness (QED) is 0.518. The molecule has 3 fully saturated rings. The predicted octanol–water partition coefficient (Wildman–Crippen LogP) is 0.506. The standard InChI is InChI=1S/C24H29NO9/c1-10-19(27)15(25(3)4)8-16(32-10)13-5-6-14-18(20(13)28)22(30)24(31)11(2)33-12-7-17(26)34-23(24,9-12)21(14)29/h5-6,10-12,15-16,19,27-28,31H,7-9H2,1-4H3/t10-,11-,12-,15?,16-,19-,23-,24-/m1/s1. The molecule has 0 amide bonds. The van der Waals surface area contributed by atoms with Crippen LogP contribution in [0.25, 0.3) is 0 Å². The third-order valence-corrected chi connectivity index (χ3v) is 7.91. The summed E-state index contributed by atoms with van der Waals surface area (Å²) < 4.78 is 17.1. The van der Waals surface area contributed by atoms with Crippen molar-refractivity contribution >= 4 is 17.5 Å². The number of ketones is 2. The maximum Gasteiger partial charge on any atom is 0.309 e. The van der Waals surface area contributed by atoms with Crippen molar-refractivity contribution < 1.29 is 43.9 Å². The highest BCUT2D eigenvalue weighted by atomic mass is 16.6. The minimum Gasteiger partial charge on any atom is -0.507 e. The average molecular weight is 475 g/mol. The lowest BCUT2D eigenvalue weighted by molar-refractivity contribution is -0.258. The number of carbonyl (C=O) groups excluding carboxylic acids is 3. The molecule has 3 saturated heterocycles. The Morgan fingerprint density at radius 1 is 1.09 bits per heavy atom. The summed E-state index contributed by atoms with van der Waals surface area (Å²) in [6.07, 6.45) is -3.64. The molecule has 5 rings (SSSR count).